The van der Waals surface area contributed by atoms with Gasteiger partial charge in [0.1, 0.15) is 17.5 Å². The van der Waals surface area contributed by atoms with Gasteiger partial charge in [0, 0.05) is 17.1 Å². The van der Waals surface area contributed by atoms with Gasteiger partial charge in [-0.1, -0.05) is 23.2 Å². The molecular weight excluding hydrogens is 427 g/mol. The summed E-state index contributed by atoms with van der Waals surface area (Å²) >= 11 is 12.2. The van der Waals surface area contributed by atoms with Crippen LogP contribution in [0.5, 0.6) is 11.5 Å². The van der Waals surface area contributed by atoms with Gasteiger partial charge >= 0.3 is 0 Å². The molecule has 2 unspecified atom stereocenters. The Kier molecular flexibility index (Phi) is 7.10. The molecule has 1 saturated heterocycles. The van der Waals surface area contributed by atoms with Gasteiger partial charge in [-0.15, -0.1) is 0 Å². The highest BCUT2D eigenvalue weighted by atomic mass is 35.5. The predicted octanol–water partition coefficient (Wildman–Crippen LogP) is 4.49. The summed E-state index contributed by atoms with van der Waals surface area (Å²) in [5, 5.41) is 3.73. The molecule has 3 rings (SSSR count). The number of hydrogen-bond donors (Lipinski definition) is 1. The lowest BCUT2D eigenvalue weighted by molar-refractivity contribution is -0.125. The first-order chi connectivity index (χ1) is 14.3. The summed E-state index contributed by atoms with van der Waals surface area (Å²) in [4.78, 5) is 27.6. The van der Waals surface area contributed by atoms with Crippen LogP contribution in [0.15, 0.2) is 36.4 Å². The first kappa shape index (κ1) is 22.2. The van der Waals surface area contributed by atoms with Crippen LogP contribution < -0.4 is 14.8 Å². The molecule has 0 spiro atoms. The molecule has 2 amide bonds. The average molecular weight is 451 g/mol. The van der Waals surface area contributed by atoms with Crippen molar-refractivity contribution >= 4 is 35.0 Å². The van der Waals surface area contributed by atoms with Crippen molar-refractivity contribution in [3.8, 4) is 11.5 Å². The third-order valence-corrected chi connectivity index (χ3v) is 5.80. The summed E-state index contributed by atoms with van der Waals surface area (Å²) in [6.45, 7) is 2.35. The van der Waals surface area contributed by atoms with E-state index in [2.05, 4.69) is 5.32 Å². The van der Waals surface area contributed by atoms with Crippen LogP contribution in [0.4, 0.5) is 0 Å². The van der Waals surface area contributed by atoms with Crippen molar-refractivity contribution in [1.82, 2.24) is 10.2 Å². The van der Waals surface area contributed by atoms with Crippen molar-refractivity contribution in [3.63, 3.8) is 0 Å². The van der Waals surface area contributed by atoms with Crippen LogP contribution >= 0.6 is 23.2 Å². The first-order valence-electron chi connectivity index (χ1n) is 9.64. The number of methoxy groups -OCH3 is 2. The van der Waals surface area contributed by atoms with Crippen LogP contribution in [0.25, 0.3) is 0 Å². The number of nitrogens with zero attached hydrogens (tertiary/aromatic N) is 1. The Bertz CT molecular complexity index is 951. The van der Waals surface area contributed by atoms with Crippen molar-refractivity contribution < 1.29 is 19.1 Å². The monoisotopic (exact) mass is 450 g/mol. The highest BCUT2D eigenvalue weighted by Gasteiger charge is 2.36. The van der Waals surface area contributed by atoms with Crippen molar-refractivity contribution in [2.45, 2.75) is 31.8 Å². The zero-order valence-electron chi connectivity index (χ0n) is 17.1. The average Bonchev–Trinajstić information content (AvgIpc) is 3.24. The zero-order valence-corrected chi connectivity index (χ0v) is 18.6. The third kappa shape index (κ3) is 4.65. The van der Waals surface area contributed by atoms with Crippen molar-refractivity contribution in [1.29, 1.82) is 0 Å². The molecule has 1 aliphatic heterocycles. The van der Waals surface area contributed by atoms with E-state index in [1.165, 1.54) is 6.07 Å². The molecule has 1 heterocycles. The van der Waals surface area contributed by atoms with Gasteiger partial charge in [-0.25, -0.2) is 0 Å². The van der Waals surface area contributed by atoms with E-state index in [0.717, 1.165) is 12.0 Å². The molecule has 8 heteroatoms. The molecule has 2 aromatic rings. The Hall–Kier alpha value is -2.44. The molecule has 0 radical (unpaired) electrons. The minimum absolute atomic E-state index is 0.226. The van der Waals surface area contributed by atoms with E-state index in [-0.39, 0.29) is 17.9 Å². The second kappa shape index (κ2) is 9.58. The molecule has 0 saturated carbocycles. The van der Waals surface area contributed by atoms with Crippen LogP contribution in [-0.4, -0.2) is 43.5 Å². The molecule has 1 aliphatic rings. The molecule has 0 aliphatic carbocycles. The Morgan fingerprint density at radius 1 is 1.13 bits per heavy atom. The largest absolute Gasteiger partial charge is 0.497 e. The normalized spacial score (nSPS) is 16.8. The number of ether oxygens (including phenoxy) is 2. The number of nitrogens with one attached hydrogen (secondary N) is 1. The topological polar surface area (TPSA) is 67.9 Å². The fraction of sp³-hybridized carbons (Fsp3) is 0.364. The zero-order chi connectivity index (χ0) is 21.8. The van der Waals surface area contributed by atoms with E-state index >= 15 is 0 Å². The van der Waals surface area contributed by atoms with Crippen molar-refractivity contribution in [3.05, 3.63) is 57.6 Å². The smallest absolute Gasteiger partial charge is 0.256 e. The van der Waals surface area contributed by atoms with Crippen LogP contribution in [0.2, 0.25) is 10.0 Å². The third-order valence-electron chi connectivity index (χ3n) is 5.24. The fourth-order valence-electron chi connectivity index (χ4n) is 3.66. The van der Waals surface area contributed by atoms with Crippen molar-refractivity contribution in [2.75, 3.05) is 20.8 Å². The van der Waals surface area contributed by atoms with E-state index < -0.39 is 6.04 Å². The molecule has 0 aromatic heterocycles. The van der Waals surface area contributed by atoms with E-state index in [1.807, 2.05) is 13.0 Å². The lowest BCUT2D eigenvalue weighted by Crippen LogP contribution is -2.46. The molecule has 30 heavy (non-hydrogen) atoms. The fourth-order valence-corrected chi connectivity index (χ4v) is 4.03. The van der Waals surface area contributed by atoms with Gasteiger partial charge in [-0.05, 0) is 56.2 Å². The minimum Gasteiger partial charge on any atom is -0.497 e. The predicted molar refractivity (Wildman–Crippen MR) is 117 cm³/mol. The molecule has 1 fully saturated rings. The summed E-state index contributed by atoms with van der Waals surface area (Å²) in [5.41, 5.74) is 1.09. The summed E-state index contributed by atoms with van der Waals surface area (Å²) in [5.74, 6) is 0.789. The maximum Gasteiger partial charge on any atom is 0.256 e. The van der Waals surface area contributed by atoms with E-state index in [4.69, 9.17) is 32.7 Å². The van der Waals surface area contributed by atoms with E-state index in [1.54, 1.807) is 43.4 Å². The lowest BCUT2D eigenvalue weighted by Gasteiger charge is -2.26. The van der Waals surface area contributed by atoms with Gasteiger partial charge in [-0.2, -0.15) is 0 Å². The summed E-state index contributed by atoms with van der Waals surface area (Å²) in [6, 6.07) is 9.24. The minimum atomic E-state index is -0.577. The van der Waals surface area contributed by atoms with Gasteiger partial charge in [0.2, 0.25) is 5.91 Å². The van der Waals surface area contributed by atoms with Crippen LogP contribution in [0.1, 0.15) is 41.7 Å². The second-order valence-electron chi connectivity index (χ2n) is 7.12. The Labute approximate surface area is 186 Å². The summed E-state index contributed by atoms with van der Waals surface area (Å²) in [7, 11) is 3.16. The number of benzene rings is 2. The number of rotatable bonds is 6. The number of carbonyl (C=O) groups is 2. The van der Waals surface area contributed by atoms with Gasteiger partial charge in [0.05, 0.1) is 30.8 Å². The van der Waals surface area contributed by atoms with Crippen LogP contribution in [-0.2, 0) is 4.79 Å². The maximum absolute atomic E-state index is 13.0. The maximum atomic E-state index is 13.0. The van der Waals surface area contributed by atoms with Gasteiger partial charge in [-0.3, -0.25) is 9.59 Å². The molecule has 6 nitrogen and oxygen atoms in total. The number of hydrogen-bond acceptors (Lipinski definition) is 4. The number of halogens is 2. The van der Waals surface area contributed by atoms with E-state index in [0.29, 0.717) is 40.1 Å². The lowest BCUT2D eigenvalue weighted by atomic mass is 10.1. The van der Waals surface area contributed by atoms with E-state index in [9.17, 15) is 9.59 Å². The number of amides is 2. The Morgan fingerprint density at radius 3 is 2.60 bits per heavy atom. The second-order valence-corrected chi connectivity index (χ2v) is 7.96. The molecule has 160 valence electrons. The number of carbonyl (C=O) groups excluding carboxylic acids is 2. The van der Waals surface area contributed by atoms with Gasteiger partial charge < -0.3 is 19.7 Å². The Balaban J connectivity index is 1.78. The molecular formula is C22H24Cl2N2O4. The first-order valence-corrected chi connectivity index (χ1v) is 10.4. The number of likely N-dealkylation sites (tertiary alicyclic amines) is 1. The van der Waals surface area contributed by atoms with Crippen LogP contribution in [0.3, 0.4) is 0 Å². The molecule has 2 aromatic carbocycles. The van der Waals surface area contributed by atoms with Gasteiger partial charge in [0.15, 0.2) is 0 Å². The molecule has 0 bridgehead atoms. The van der Waals surface area contributed by atoms with Crippen molar-refractivity contribution in [2.24, 2.45) is 0 Å². The standard InChI is InChI=1S/C22H24Cl2N2O4/c1-13(16-12-15(29-2)7-9-20(16)30-3)25-21(27)19-5-4-10-26(19)22(28)17-11-14(23)6-8-18(17)24/h6-9,11-13,19H,4-5,10H2,1-3H3,(H,25,27). The van der Waals surface area contributed by atoms with Crippen LogP contribution in [0, 0.1) is 0 Å². The van der Waals surface area contributed by atoms with Gasteiger partial charge in [0.25, 0.3) is 5.91 Å². The summed E-state index contributed by atoms with van der Waals surface area (Å²) < 4.78 is 10.7. The highest BCUT2D eigenvalue weighted by Crippen LogP contribution is 2.30. The molecule has 2 atom stereocenters. The highest BCUT2D eigenvalue weighted by molar-refractivity contribution is 6.35. The SMILES string of the molecule is COc1ccc(OC)c(C(C)NC(=O)C2CCCN2C(=O)c2cc(Cl)ccc2Cl)c1. The quantitative estimate of drug-likeness (QED) is 0.703. The Morgan fingerprint density at radius 2 is 1.90 bits per heavy atom. The molecule has 1 N–H and O–H groups in total. The summed E-state index contributed by atoms with van der Waals surface area (Å²) in [6.07, 6.45) is 1.32.